The van der Waals surface area contributed by atoms with Crippen LogP contribution in [0.3, 0.4) is 0 Å². The first kappa shape index (κ1) is 25.5. The van der Waals surface area contributed by atoms with Crippen molar-refractivity contribution in [3.05, 3.63) is 71.2 Å². The number of aromatic nitrogens is 2. The molecule has 0 spiro atoms. The van der Waals surface area contributed by atoms with E-state index in [0.29, 0.717) is 40.3 Å². The van der Waals surface area contributed by atoms with Crippen molar-refractivity contribution in [3.63, 3.8) is 0 Å². The molecule has 0 unspecified atom stereocenters. The van der Waals surface area contributed by atoms with Gasteiger partial charge in [0, 0.05) is 49.8 Å². The molecule has 1 aromatic heterocycles. The van der Waals surface area contributed by atoms with Crippen molar-refractivity contribution in [3.8, 4) is 5.75 Å². The van der Waals surface area contributed by atoms with Gasteiger partial charge in [-0.25, -0.2) is 4.98 Å². The highest BCUT2D eigenvalue weighted by Gasteiger charge is 2.34. The lowest BCUT2D eigenvalue weighted by Gasteiger charge is -2.17. The van der Waals surface area contributed by atoms with Gasteiger partial charge >= 0.3 is 0 Å². The number of benzene rings is 2. The van der Waals surface area contributed by atoms with E-state index in [2.05, 4.69) is 15.6 Å². The number of anilines is 2. The Morgan fingerprint density at radius 3 is 2.64 bits per heavy atom. The van der Waals surface area contributed by atoms with Crippen molar-refractivity contribution >= 4 is 52.3 Å². The smallest absolute Gasteiger partial charge is 0.262 e. The van der Waals surface area contributed by atoms with Gasteiger partial charge in [-0.1, -0.05) is 23.2 Å². The van der Waals surface area contributed by atoms with Gasteiger partial charge in [-0.2, -0.15) is 0 Å². The summed E-state index contributed by atoms with van der Waals surface area (Å²) in [7, 11) is 0. The summed E-state index contributed by atoms with van der Waals surface area (Å²) in [6.45, 7) is 1.41. The molecule has 3 aromatic rings. The van der Waals surface area contributed by atoms with Gasteiger partial charge in [0.25, 0.3) is 5.91 Å². The number of hydrogen-bond acceptors (Lipinski definition) is 5. The standard InChI is InChI=1S/C25H25Cl2N5O4/c26-21-7-2-18(13-22(21)27)30-23(33)15-36-20-5-3-19(4-6-20)32-14-17(12-24(32)34)25(35)29-8-1-10-31-11-9-28-16-31/h2-7,9,11,13,16-17H,1,8,10,12,14-15H2,(H,29,35)(H,30,33)/t17-/m0/s1. The largest absolute Gasteiger partial charge is 0.484 e. The molecule has 2 N–H and O–H groups in total. The lowest BCUT2D eigenvalue weighted by molar-refractivity contribution is -0.126. The number of halogens is 2. The maximum atomic E-state index is 12.5. The monoisotopic (exact) mass is 529 g/mol. The number of ether oxygens (including phenoxy) is 1. The van der Waals surface area contributed by atoms with E-state index in [0.717, 1.165) is 13.0 Å². The molecule has 1 aliphatic heterocycles. The van der Waals surface area contributed by atoms with Gasteiger partial charge in [-0.3, -0.25) is 14.4 Å². The van der Waals surface area contributed by atoms with Crippen LogP contribution in [0.2, 0.25) is 10.0 Å². The number of aryl methyl sites for hydroxylation is 1. The third-order valence-electron chi connectivity index (χ3n) is 5.67. The van der Waals surface area contributed by atoms with E-state index in [1.807, 2.05) is 10.8 Å². The highest BCUT2D eigenvalue weighted by molar-refractivity contribution is 6.42. The van der Waals surface area contributed by atoms with E-state index < -0.39 is 5.92 Å². The fraction of sp³-hybridized carbons (Fsp3) is 0.280. The molecule has 1 atom stereocenters. The zero-order valence-electron chi connectivity index (χ0n) is 19.3. The van der Waals surface area contributed by atoms with Gasteiger partial charge < -0.3 is 24.8 Å². The van der Waals surface area contributed by atoms with Gasteiger partial charge in [-0.05, 0) is 48.9 Å². The predicted octanol–water partition coefficient (Wildman–Crippen LogP) is 3.77. The quantitative estimate of drug-likeness (QED) is 0.389. The Labute approximate surface area is 218 Å². The minimum atomic E-state index is -0.397. The number of nitrogens with zero attached hydrogens (tertiary/aromatic N) is 3. The Bertz CT molecular complexity index is 1220. The van der Waals surface area contributed by atoms with E-state index in [4.69, 9.17) is 27.9 Å². The molecule has 0 saturated carbocycles. The molecule has 1 fully saturated rings. The van der Waals surface area contributed by atoms with Crippen LogP contribution in [0.4, 0.5) is 11.4 Å². The topological polar surface area (TPSA) is 106 Å². The van der Waals surface area contributed by atoms with Gasteiger partial charge in [-0.15, -0.1) is 0 Å². The minimum Gasteiger partial charge on any atom is -0.484 e. The van der Waals surface area contributed by atoms with Crippen LogP contribution in [0.1, 0.15) is 12.8 Å². The molecule has 2 heterocycles. The van der Waals surface area contributed by atoms with E-state index in [1.165, 1.54) is 0 Å². The Hall–Kier alpha value is -3.56. The number of carbonyl (C=O) groups is 3. The van der Waals surface area contributed by atoms with Gasteiger partial charge in [0.2, 0.25) is 11.8 Å². The molecule has 0 aliphatic carbocycles. The third kappa shape index (κ3) is 6.77. The molecule has 188 valence electrons. The van der Waals surface area contributed by atoms with Crippen molar-refractivity contribution in [2.45, 2.75) is 19.4 Å². The molecule has 4 rings (SSSR count). The summed E-state index contributed by atoms with van der Waals surface area (Å²) in [5.74, 6) is -0.507. The SMILES string of the molecule is O=C(COc1ccc(N2C[C@@H](C(=O)NCCCn3ccnc3)CC2=O)cc1)Nc1ccc(Cl)c(Cl)c1. The predicted molar refractivity (Wildman–Crippen MR) is 137 cm³/mol. The average Bonchev–Trinajstić information content (AvgIpc) is 3.53. The maximum Gasteiger partial charge on any atom is 0.262 e. The van der Waals surface area contributed by atoms with Crippen LogP contribution in [0, 0.1) is 5.92 Å². The van der Waals surface area contributed by atoms with Gasteiger partial charge in [0.1, 0.15) is 5.75 Å². The first-order valence-corrected chi connectivity index (χ1v) is 12.2. The third-order valence-corrected chi connectivity index (χ3v) is 6.41. The van der Waals surface area contributed by atoms with Crippen LogP contribution < -0.4 is 20.3 Å². The second kappa shape index (κ2) is 11.9. The zero-order chi connectivity index (χ0) is 25.5. The number of hydrogen-bond donors (Lipinski definition) is 2. The summed E-state index contributed by atoms with van der Waals surface area (Å²) in [6, 6.07) is 11.6. The molecule has 9 nitrogen and oxygen atoms in total. The summed E-state index contributed by atoms with van der Waals surface area (Å²) < 4.78 is 7.48. The number of rotatable bonds is 10. The van der Waals surface area contributed by atoms with Crippen LogP contribution in [-0.4, -0.2) is 47.0 Å². The van der Waals surface area contributed by atoms with Crippen molar-refractivity contribution in [2.75, 3.05) is 29.9 Å². The molecule has 1 aliphatic rings. The lowest BCUT2D eigenvalue weighted by atomic mass is 10.1. The summed E-state index contributed by atoms with van der Waals surface area (Å²) in [4.78, 5) is 42.8. The lowest BCUT2D eigenvalue weighted by Crippen LogP contribution is -2.33. The molecule has 1 saturated heterocycles. The van der Waals surface area contributed by atoms with Gasteiger partial charge in [0.15, 0.2) is 6.61 Å². The summed E-state index contributed by atoms with van der Waals surface area (Å²) in [5, 5.41) is 6.34. The van der Waals surface area contributed by atoms with Crippen LogP contribution in [-0.2, 0) is 20.9 Å². The summed E-state index contributed by atoms with van der Waals surface area (Å²) in [5.41, 5.74) is 1.18. The fourth-order valence-electron chi connectivity index (χ4n) is 3.81. The first-order valence-electron chi connectivity index (χ1n) is 11.4. The highest BCUT2D eigenvalue weighted by atomic mass is 35.5. The second-order valence-corrected chi connectivity index (χ2v) is 9.12. The molecule has 0 radical (unpaired) electrons. The summed E-state index contributed by atoms with van der Waals surface area (Å²) >= 11 is 11.8. The van der Waals surface area contributed by atoms with E-state index in [9.17, 15) is 14.4 Å². The molecule has 0 bridgehead atoms. The van der Waals surface area contributed by atoms with Crippen LogP contribution >= 0.6 is 23.2 Å². The molecular weight excluding hydrogens is 505 g/mol. The zero-order valence-corrected chi connectivity index (χ0v) is 20.8. The van der Waals surface area contributed by atoms with Gasteiger partial charge in [0.05, 0.1) is 22.3 Å². The normalized spacial score (nSPS) is 15.1. The summed E-state index contributed by atoms with van der Waals surface area (Å²) in [6.07, 6.45) is 6.27. The van der Waals surface area contributed by atoms with Crippen LogP contribution in [0.15, 0.2) is 61.2 Å². The molecule has 36 heavy (non-hydrogen) atoms. The van der Waals surface area contributed by atoms with E-state index in [1.54, 1.807) is 59.9 Å². The number of amides is 3. The van der Waals surface area contributed by atoms with Crippen LogP contribution in [0.25, 0.3) is 0 Å². The Morgan fingerprint density at radius 1 is 1.11 bits per heavy atom. The number of carbonyl (C=O) groups excluding carboxylic acids is 3. The molecular formula is C25H25Cl2N5O4. The first-order chi connectivity index (χ1) is 17.4. The van der Waals surface area contributed by atoms with Crippen LogP contribution in [0.5, 0.6) is 5.75 Å². The van der Waals surface area contributed by atoms with Crippen molar-refractivity contribution < 1.29 is 19.1 Å². The highest BCUT2D eigenvalue weighted by Crippen LogP contribution is 2.27. The number of nitrogens with one attached hydrogen (secondary N) is 2. The Balaban J connectivity index is 1.22. The Kier molecular flexibility index (Phi) is 8.45. The average molecular weight is 530 g/mol. The van der Waals surface area contributed by atoms with E-state index >= 15 is 0 Å². The molecule has 2 aromatic carbocycles. The molecule has 11 heteroatoms. The van der Waals surface area contributed by atoms with E-state index in [-0.39, 0.29) is 30.7 Å². The maximum absolute atomic E-state index is 12.5. The van der Waals surface area contributed by atoms with Crippen molar-refractivity contribution in [1.82, 2.24) is 14.9 Å². The minimum absolute atomic E-state index is 0.108. The second-order valence-electron chi connectivity index (χ2n) is 8.31. The molecule has 3 amide bonds. The van der Waals surface area contributed by atoms with Crippen molar-refractivity contribution in [2.24, 2.45) is 5.92 Å². The Morgan fingerprint density at radius 2 is 1.92 bits per heavy atom. The number of imidazole rings is 1. The van der Waals surface area contributed by atoms with Crippen molar-refractivity contribution in [1.29, 1.82) is 0 Å². The fourth-order valence-corrected chi connectivity index (χ4v) is 4.11.